The Labute approximate surface area is 147 Å². The first-order valence-electron chi connectivity index (χ1n) is 8.18. The number of hydrogen-bond donors (Lipinski definition) is 3. The molecule has 0 radical (unpaired) electrons. The van der Waals surface area contributed by atoms with Crippen molar-refractivity contribution in [3.8, 4) is 11.5 Å². The third-order valence-corrected chi connectivity index (χ3v) is 3.27. The molecule has 0 bridgehead atoms. The van der Waals surface area contributed by atoms with Gasteiger partial charge < -0.3 is 25.0 Å². The van der Waals surface area contributed by atoms with Gasteiger partial charge >= 0.3 is 11.9 Å². The fourth-order valence-electron chi connectivity index (χ4n) is 2.14. The van der Waals surface area contributed by atoms with Gasteiger partial charge in [0.25, 0.3) is 0 Å². The molecular formula is C17H26N2O6. The van der Waals surface area contributed by atoms with Crippen LogP contribution in [0.25, 0.3) is 0 Å². The van der Waals surface area contributed by atoms with Gasteiger partial charge in [-0.3, -0.25) is 4.90 Å². The van der Waals surface area contributed by atoms with Crippen LogP contribution < -0.4 is 14.8 Å². The summed E-state index contributed by atoms with van der Waals surface area (Å²) in [5.41, 5.74) is 0. The molecule has 0 spiro atoms. The smallest absolute Gasteiger partial charge is 0.414 e. The molecule has 1 aliphatic heterocycles. The van der Waals surface area contributed by atoms with Crippen molar-refractivity contribution >= 4 is 11.9 Å². The molecule has 1 fully saturated rings. The van der Waals surface area contributed by atoms with E-state index in [1.54, 1.807) is 0 Å². The molecule has 0 unspecified atom stereocenters. The monoisotopic (exact) mass is 354 g/mol. The van der Waals surface area contributed by atoms with Crippen LogP contribution >= 0.6 is 0 Å². The number of hydrogen-bond acceptors (Lipinski definition) is 6. The summed E-state index contributed by atoms with van der Waals surface area (Å²) in [4.78, 5) is 20.6. The Morgan fingerprint density at radius 2 is 1.68 bits per heavy atom. The van der Waals surface area contributed by atoms with Gasteiger partial charge in [-0.2, -0.15) is 0 Å². The standard InChI is InChI=1S/C15H24N2O2.C2H2O4/c1-13(2)19-15-6-4-3-5-14(15)18-12-11-17-9-7-16-8-10-17;3-1(4)2(5)6/h3-6,13,16H,7-12H2,1-2H3;(H,3,4)(H,5,6). The first-order valence-corrected chi connectivity index (χ1v) is 8.18. The van der Waals surface area contributed by atoms with Crippen molar-refractivity contribution in [2.75, 3.05) is 39.3 Å². The minimum atomic E-state index is -1.82. The Bertz CT molecular complexity index is 532. The van der Waals surface area contributed by atoms with E-state index in [4.69, 9.17) is 29.3 Å². The summed E-state index contributed by atoms with van der Waals surface area (Å²) in [5, 5.41) is 18.1. The molecule has 0 atom stereocenters. The summed E-state index contributed by atoms with van der Waals surface area (Å²) in [6, 6.07) is 7.88. The van der Waals surface area contributed by atoms with Crippen molar-refractivity contribution in [2.24, 2.45) is 0 Å². The van der Waals surface area contributed by atoms with Gasteiger partial charge in [0.15, 0.2) is 11.5 Å². The lowest BCUT2D eigenvalue weighted by Gasteiger charge is -2.27. The molecule has 0 aromatic heterocycles. The van der Waals surface area contributed by atoms with Crippen molar-refractivity contribution in [2.45, 2.75) is 20.0 Å². The summed E-state index contributed by atoms with van der Waals surface area (Å²) in [6.07, 6.45) is 0.165. The number of piperazine rings is 1. The maximum absolute atomic E-state index is 9.10. The number of rotatable bonds is 6. The first-order chi connectivity index (χ1) is 11.9. The summed E-state index contributed by atoms with van der Waals surface area (Å²) < 4.78 is 11.6. The minimum Gasteiger partial charge on any atom is -0.488 e. The molecule has 1 saturated heterocycles. The van der Waals surface area contributed by atoms with E-state index in [2.05, 4.69) is 10.2 Å². The molecule has 1 aliphatic rings. The zero-order chi connectivity index (χ0) is 18.7. The molecule has 1 heterocycles. The zero-order valence-corrected chi connectivity index (χ0v) is 14.6. The number of ether oxygens (including phenoxy) is 2. The van der Waals surface area contributed by atoms with Crippen molar-refractivity contribution in [3.63, 3.8) is 0 Å². The van der Waals surface area contributed by atoms with Crippen LogP contribution in [-0.4, -0.2) is 72.5 Å². The van der Waals surface area contributed by atoms with Crippen LogP contribution in [0.2, 0.25) is 0 Å². The molecule has 1 aromatic carbocycles. The molecule has 0 saturated carbocycles. The predicted molar refractivity (Wildman–Crippen MR) is 92.3 cm³/mol. The lowest BCUT2D eigenvalue weighted by molar-refractivity contribution is -0.159. The lowest BCUT2D eigenvalue weighted by atomic mass is 10.3. The topological polar surface area (TPSA) is 108 Å². The van der Waals surface area contributed by atoms with Crippen LogP contribution in [-0.2, 0) is 9.59 Å². The normalized spacial score (nSPS) is 14.4. The zero-order valence-electron chi connectivity index (χ0n) is 14.6. The third kappa shape index (κ3) is 8.92. The van der Waals surface area contributed by atoms with Gasteiger partial charge in [-0.25, -0.2) is 9.59 Å². The lowest BCUT2D eigenvalue weighted by Crippen LogP contribution is -2.44. The van der Waals surface area contributed by atoms with E-state index >= 15 is 0 Å². The Kier molecular flexibility index (Phi) is 9.34. The van der Waals surface area contributed by atoms with Gasteiger partial charge in [0.1, 0.15) is 6.61 Å². The van der Waals surface area contributed by atoms with E-state index in [-0.39, 0.29) is 6.10 Å². The Morgan fingerprint density at radius 3 is 2.20 bits per heavy atom. The first kappa shape index (κ1) is 20.7. The third-order valence-electron chi connectivity index (χ3n) is 3.27. The maximum atomic E-state index is 9.10. The maximum Gasteiger partial charge on any atom is 0.414 e. The number of benzene rings is 1. The number of nitrogens with one attached hydrogen (secondary N) is 1. The highest BCUT2D eigenvalue weighted by atomic mass is 16.5. The molecule has 1 aromatic rings. The number of para-hydroxylation sites is 2. The van der Waals surface area contributed by atoms with Crippen molar-refractivity contribution < 1.29 is 29.3 Å². The second-order valence-electron chi connectivity index (χ2n) is 5.66. The molecule has 8 heteroatoms. The number of carbonyl (C=O) groups is 2. The number of nitrogens with zero attached hydrogens (tertiary/aromatic N) is 1. The van der Waals surface area contributed by atoms with E-state index in [0.717, 1.165) is 44.2 Å². The van der Waals surface area contributed by atoms with E-state index < -0.39 is 11.9 Å². The van der Waals surface area contributed by atoms with Gasteiger partial charge in [-0.05, 0) is 26.0 Å². The number of carboxylic acids is 2. The fraction of sp³-hybridized carbons (Fsp3) is 0.529. The molecular weight excluding hydrogens is 328 g/mol. The van der Waals surface area contributed by atoms with E-state index in [9.17, 15) is 0 Å². The Hall–Kier alpha value is -2.32. The highest BCUT2D eigenvalue weighted by Gasteiger charge is 2.10. The predicted octanol–water partition coefficient (Wildman–Crippen LogP) is 0.913. The Morgan fingerprint density at radius 1 is 1.12 bits per heavy atom. The largest absolute Gasteiger partial charge is 0.488 e. The van der Waals surface area contributed by atoms with E-state index in [0.29, 0.717) is 6.61 Å². The van der Waals surface area contributed by atoms with E-state index in [1.165, 1.54) is 0 Å². The van der Waals surface area contributed by atoms with Crippen LogP contribution in [0.1, 0.15) is 13.8 Å². The van der Waals surface area contributed by atoms with E-state index in [1.807, 2.05) is 38.1 Å². The molecule has 3 N–H and O–H groups in total. The number of carboxylic acid groups (broad SMARTS) is 2. The summed E-state index contributed by atoms with van der Waals surface area (Å²) in [5.74, 6) is -1.98. The summed E-state index contributed by atoms with van der Waals surface area (Å²) in [7, 11) is 0. The fourth-order valence-corrected chi connectivity index (χ4v) is 2.14. The van der Waals surface area contributed by atoms with Gasteiger partial charge in [0, 0.05) is 32.7 Å². The van der Waals surface area contributed by atoms with Crippen molar-refractivity contribution in [1.82, 2.24) is 10.2 Å². The van der Waals surface area contributed by atoms with Crippen LogP contribution in [0, 0.1) is 0 Å². The Balaban J connectivity index is 0.000000450. The molecule has 2 rings (SSSR count). The molecule has 0 aliphatic carbocycles. The SMILES string of the molecule is CC(C)Oc1ccccc1OCCN1CCNCC1.O=C(O)C(=O)O. The van der Waals surface area contributed by atoms with Gasteiger partial charge in [-0.1, -0.05) is 12.1 Å². The van der Waals surface area contributed by atoms with Gasteiger partial charge in [-0.15, -0.1) is 0 Å². The second kappa shape index (κ2) is 11.3. The minimum absolute atomic E-state index is 0.165. The van der Waals surface area contributed by atoms with Crippen LogP contribution in [0.3, 0.4) is 0 Å². The summed E-state index contributed by atoms with van der Waals surface area (Å²) >= 11 is 0. The molecule has 8 nitrogen and oxygen atoms in total. The quantitative estimate of drug-likeness (QED) is 0.647. The van der Waals surface area contributed by atoms with Crippen molar-refractivity contribution in [3.05, 3.63) is 24.3 Å². The molecule has 25 heavy (non-hydrogen) atoms. The van der Waals surface area contributed by atoms with Gasteiger partial charge in [0.2, 0.25) is 0 Å². The van der Waals surface area contributed by atoms with Crippen molar-refractivity contribution in [1.29, 1.82) is 0 Å². The average Bonchev–Trinajstić information content (AvgIpc) is 2.57. The molecule has 0 amide bonds. The number of aliphatic carboxylic acids is 2. The van der Waals surface area contributed by atoms with Crippen LogP contribution in [0.15, 0.2) is 24.3 Å². The van der Waals surface area contributed by atoms with Gasteiger partial charge in [0.05, 0.1) is 6.10 Å². The highest BCUT2D eigenvalue weighted by Crippen LogP contribution is 2.27. The van der Waals surface area contributed by atoms with Crippen LogP contribution in [0.4, 0.5) is 0 Å². The second-order valence-corrected chi connectivity index (χ2v) is 5.66. The van der Waals surface area contributed by atoms with Crippen LogP contribution in [0.5, 0.6) is 11.5 Å². The molecule has 140 valence electrons. The summed E-state index contributed by atoms with van der Waals surface area (Å²) in [6.45, 7) is 10.1. The highest BCUT2D eigenvalue weighted by molar-refractivity contribution is 6.27. The average molecular weight is 354 g/mol.